The van der Waals surface area contributed by atoms with Crippen LogP contribution in [0.1, 0.15) is 6.42 Å². The molecule has 90 valence electrons. The van der Waals surface area contributed by atoms with Crippen molar-refractivity contribution >= 4 is 10.0 Å². The fourth-order valence-electron chi connectivity index (χ4n) is 1.20. The minimum Gasteiger partial charge on any atom is -0.379 e. The van der Waals surface area contributed by atoms with Gasteiger partial charge in [0.15, 0.2) is 0 Å². The summed E-state index contributed by atoms with van der Waals surface area (Å²) in [5.41, 5.74) is 0. The van der Waals surface area contributed by atoms with Crippen LogP contribution in [0.5, 0.6) is 0 Å². The van der Waals surface area contributed by atoms with Crippen LogP contribution in [-0.4, -0.2) is 51.0 Å². The predicted octanol–water partition coefficient (Wildman–Crippen LogP) is 0.601. The maximum Gasteiger partial charge on any atom is 0.390 e. The van der Waals surface area contributed by atoms with Gasteiger partial charge >= 0.3 is 6.18 Å². The number of hydrogen-bond donors (Lipinski definition) is 0. The Hall–Kier alpha value is -0.340. The number of rotatable bonds is 3. The van der Waals surface area contributed by atoms with E-state index in [1.807, 2.05) is 0 Å². The zero-order valence-electron chi connectivity index (χ0n) is 7.96. The van der Waals surface area contributed by atoms with Gasteiger partial charge in [0.1, 0.15) is 0 Å². The first-order chi connectivity index (χ1) is 6.81. The summed E-state index contributed by atoms with van der Waals surface area (Å²) in [7, 11) is -3.78. The predicted molar refractivity (Wildman–Crippen MR) is 46.9 cm³/mol. The molecule has 0 unspecified atom stereocenters. The number of halogens is 3. The first kappa shape index (κ1) is 12.7. The highest BCUT2D eigenvalue weighted by Gasteiger charge is 2.32. The Labute approximate surface area is 86.1 Å². The molecule has 0 amide bonds. The molecule has 4 nitrogen and oxygen atoms in total. The molecule has 0 radical (unpaired) electrons. The molecule has 1 fully saturated rings. The fourth-order valence-corrected chi connectivity index (χ4v) is 2.65. The van der Waals surface area contributed by atoms with E-state index >= 15 is 0 Å². The van der Waals surface area contributed by atoms with Gasteiger partial charge in [0, 0.05) is 13.1 Å². The van der Waals surface area contributed by atoms with Crippen LogP contribution in [-0.2, 0) is 14.8 Å². The molecular weight excluding hydrogens is 235 g/mol. The van der Waals surface area contributed by atoms with Crippen molar-refractivity contribution in [3.8, 4) is 0 Å². The third kappa shape index (κ3) is 4.35. The Morgan fingerprint density at radius 3 is 2.20 bits per heavy atom. The van der Waals surface area contributed by atoms with Crippen molar-refractivity contribution in [3.05, 3.63) is 0 Å². The molecule has 0 saturated carbocycles. The van der Waals surface area contributed by atoms with E-state index in [1.54, 1.807) is 0 Å². The van der Waals surface area contributed by atoms with Crippen LogP contribution in [0.2, 0.25) is 0 Å². The fraction of sp³-hybridized carbons (Fsp3) is 1.00. The van der Waals surface area contributed by atoms with Crippen molar-refractivity contribution in [1.82, 2.24) is 4.31 Å². The number of sulfonamides is 1. The second kappa shape index (κ2) is 4.67. The van der Waals surface area contributed by atoms with Crippen molar-refractivity contribution in [2.45, 2.75) is 12.6 Å². The molecule has 0 aromatic carbocycles. The highest BCUT2D eigenvalue weighted by Crippen LogP contribution is 2.21. The highest BCUT2D eigenvalue weighted by molar-refractivity contribution is 7.89. The maximum atomic E-state index is 11.8. The van der Waals surface area contributed by atoms with Crippen molar-refractivity contribution in [2.24, 2.45) is 0 Å². The van der Waals surface area contributed by atoms with E-state index in [0.29, 0.717) is 0 Å². The number of nitrogens with zero attached hydrogens (tertiary/aromatic N) is 1. The van der Waals surface area contributed by atoms with E-state index in [-0.39, 0.29) is 26.3 Å². The smallest absolute Gasteiger partial charge is 0.379 e. The van der Waals surface area contributed by atoms with Gasteiger partial charge in [-0.25, -0.2) is 8.42 Å². The minimum atomic E-state index is -4.43. The highest BCUT2D eigenvalue weighted by atomic mass is 32.2. The molecule has 1 aliphatic heterocycles. The lowest BCUT2D eigenvalue weighted by Gasteiger charge is -2.26. The molecule has 1 heterocycles. The minimum absolute atomic E-state index is 0.139. The zero-order chi connectivity index (χ0) is 11.5. The summed E-state index contributed by atoms with van der Waals surface area (Å²) in [6.45, 7) is 0.761. The van der Waals surface area contributed by atoms with Crippen molar-refractivity contribution in [1.29, 1.82) is 0 Å². The first-order valence-electron chi connectivity index (χ1n) is 4.43. The lowest BCUT2D eigenvalue weighted by molar-refractivity contribution is -0.130. The van der Waals surface area contributed by atoms with Crippen LogP contribution in [0.25, 0.3) is 0 Å². The summed E-state index contributed by atoms with van der Waals surface area (Å²) >= 11 is 0. The Morgan fingerprint density at radius 2 is 1.73 bits per heavy atom. The third-order valence-corrected chi connectivity index (χ3v) is 3.88. The number of ether oxygens (including phenoxy) is 1. The van der Waals surface area contributed by atoms with Crippen LogP contribution in [0.3, 0.4) is 0 Å². The standard InChI is InChI=1S/C7H12F3NO3S/c8-7(9,10)1-6-15(12,13)11-2-4-14-5-3-11/h1-6H2. The largest absolute Gasteiger partial charge is 0.390 e. The van der Waals surface area contributed by atoms with E-state index in [4.69, 9.17) is 4.74 Å². The van der Waals surface area contributed by atoms with Crippen LogP contribution in [0, 0.1) is 0 Å². The number of alkyl halides is 3. The molecule has 0 aliphatic carbocycles. The van der Waals surface area contributed by atoms with Gasteiger partial charge in [-0.05, 0) is 0 Å². The molecule has 0 aromatic heterocycles. The lowest BCUT2D eigenvalue weighted by atomic mass is 10.5. The first-order valence-corrected chi connectivity index (χ1v) is 6.04. The second-order valence-electron chi connectivity index (χ2n) is 3.19. The SMILES string of the molecule is O=S(=O)(CCC(F)(F)F)N1CCOCC1. The molecule has 1 aliphatic rings. The monoisotopic (exact) mass is 247 g/mol. The summed E-state index contributed by atoms with van der Waals surface area (Å²) in [5.74, 6) is -0.878. The summed E-state index contributed by atoms with van der Waals surface area (Å²) in [4.78, 5) is 0. The van der Waals surface area contributed by atoms with Gasteiger partial charge < -0.3 is 4.74 Å². The molecule has 0 atom stereocenters. The molecule has 0 spiro atoms. The van der Waals surface area contributed by atoms with Crippen LogP contribution in [0.15, 0.2) is 0 Å². The van der Waals surface area contributed by atoms with Crippen molar-refractivity contribution in [3.63, 3.8) is 0 Å². The van der Waals surface area contributed by atoms with E-state index in [0.717, 1.165) is 4.31 Å². The third-order valence-electron chi connectivity index (χ3n) is 2.01. The Balaban J connectivity index is 2.51. The van der Waals surface area contributed by atoms with Gasteiger partial charge in [0.25, 0.3) is 0 Å². The van der Waals surface area contributed by atoms with Gasteiger partial charge in [-0.2, -0.15) is 17.5 Å². The molecule has 0 N–H and O–H groups in total. The van der Waals surface area contributed by atoms with Gasteiger partial charge in [0.2, 0.25) is 10.0 Å². The maximum absolute atomic E-state index is 11.8. The zero-order valence-corrected chi connectivity index (χ0v) is 8.77. The molecular formula is C7H12F3NO3S. The van der Waals surface area contributed by atoms with Crippen molar-refractivity contribution in [2.75, 3.05) is 32.1 Å². The van der Waals surface area contributed by atoms with Gasteiger partial charge in [0.05, 0.1) is 25.4 Å². The van der Waals surface area contributed by atoms with Crippen LogP contribution in [0.4, 0.5) is 13.2 Å². The van der Waals surface area contributed by atoms with E-state index in [9.17, 15) is 21.6 Å². The van der Waals surface area contributed by atoms with Crippen LogP contribution >= 0.6 is 0 Å². The van der Waals surface area contributed by atoms with Gasteiger partial charge in [-0.3, -0.25) is 0 Å². The average Bonchev–Trinajstić information content (AvgIpc) is 2.16. The van der Waals surface area contributed by atoms with E-state index in [1.165, 1.54) is 0 Å². The molecule has 0 bridgehead atoms. The van der Waals surface area contributed by atoms with Crippen LogP contribution < -0.4 is 0 Å². The summed E-state index contributed by atoms with van der Waals surface area (Å²) in [5, 5.41) is 0. The average molecular weight is 247 g/mol. The molecule has 0 aromatic rings. The van der Waals surface area contributed by atoms with E-state index < -0.39 is 28.4 Å². The Morgan fingerprint density at radius 1 is 1.20 bits per heavy atom. The van der Waals surface area contributed by atoms with Gasteiger partial charge in [-0.1, -0.05) is 0 Å². The Bertz CT molecular complexity index is 295. The van der Waals surface area contributed by atoms with Gasteiger partial charge in [-0.15, -0.1) is 0 Å². The molecule has 8 heteroatoms. The number of morpholine rings is 1. The van der Waals surface area contributed by atoms with Crippen molar-refractivity contribution < 1.29 is 26.3 Å². The lowest BCUT2D eigenvalue weighted by Crippen LogP contribution is -2.42. The topological polar surface area (TPSA) is 46.6 Å². The quantitative estimate of drug-likeness (QED) is 0.733. The normalized spacial score (nSPS) is 20.5. The number of hydrogen-bond acceptors (Lipinski definition) is 3. The molecule has 1 rings (SSSR count). The summed E-state index contributed by atoms with van der Waals surface area (Å²) in [6, 6.07) is 0. The summed E-state index contributed by atoms with van der Waals surface area (Å²) in [6.07, 6.45) is -5.73. The molecule has 15 heavy (non-hydrogen) atoms. The Kier molecular flexibility index (Phi) is 3.96. The molecule has 1 saturated heterocycles. The van der Waals surface area contributed by atoms with E-state index in [2.05, 4.69) is 0 Å². The summed E-state index contributed by atoms with van der Waals surface area (Å²) < 4.78 is 64.3. The second-order valence-corrected chi connectivity index (χ2v) is 5.28.